The molecule has 0 aromatic carbocycles. The van der Waals surface area contributed by atoms with Crippen LogP contribution in [0.1, 0.15) is 18.9 Å². The van der Waals surface area contributed by atoms with Crippen LogP contribution in [0.3, 0.4) is 0 Å². The van der Waals surface area contributed by atoms with Gasteiger partial charge in [0.15, 0.2) is 5.65 Å². The van der Waals surface area contributed by atoms with Gasteiger partial charge in [0.25, 0.3) is 0 Å². The van der Waals surface area contributed by atoms with Crippen molar-refractivity contribution in [2.45, 2.75) is 32.0 Å². The van der Waals surface area contributed by atoms with Gasteiger partial charge in [-0.25, -0.2) is 14.5 Å². The molecule has 0 amide bonds. The van der Waals surface area contributed by atoms with Crippen LogP contribution in [0.25, 0.3) is 27.7 Å². The zero-order chi connectivity index (χ0) is 24.9. The minimum atomic E-state index is 0.483. The Bertz CT molecular complexity index is 1550. The SMILES string of the molecule is CCOc1cc(-c2ccc(N3C4CC3CN(Cc3ccc(OC)nc3)C4)nc2)c2c3cn[nH]c3nn2c1. The number of aromatic nitrogens is 6. The zero-order valence-corrected chi connectivity index (χ0v) is 20.8. The van der Waals surface area contributed by atoms with E-state index in [1.165, 1.54) is 12.0 Å². The number of piperazine rings is 1. The number of nitrogens with zero attached hydrogens (tertiary/aromatic N) is 7. The fourth-order valence-corrected chi connectivity index (χ4v) is 5.79. The topological polar surface area (TPSA) is 96.7 Å². The molecule has 10 nitrogen and oxygen atoms in total. The van der Waals surface area contributed by atoms with Crippen molar-refractivity contribution in [3.8, 4) is 22.8 Å². The lowest BCUT2D eigenvalue weighted by Crippen LogP contribution is -2.69. The molecule has 0 saturated carbocycles. The summed E-state index contributed by atoms with van der Waals surface area (Å²) in [6.45, 7) is 5.53. The van der Waals surface area contributed by atoms with Gasteiger partial charge in [0.05, 0.1) is 37.0 Å². The van der Waals surface area contributed by atoms with Crippen LogP contribution in [0.2, 0.25) is 0 Å². The molecule has 188 valence electrons. The summed E-state index contributed by atoms with van der Waals surface area (Å²) in [5.41, 5.74) is 5.01. The molecule has 10 heteroatoms. The Balaban J connectivity index is 1.12. The van der Waals surface area contributed by atoms with Crippen molar-refractivity contribution < 1.29 is 9.47 Å². The number of hydrogen-bond donors (Lipinski definition) is 1. The largest absolute Gasteiger partial charge is 0.492 e. The van der Waals surface area contributed by atoms with Gasteiger partial charge in [0, 0.05) is 61.3 Å². The highest BCUT2D eigenvalue weighted by atomic mass is 16.5. The van der Waals surface area contributed by atoms with Crippen LogP contribution in [0.5, 0.6) is 11.6 Å². The highest BCUT2D eigenvalue weighted by molar-refractivity contribution is 6.00. The molecule has 5 aromatic heterocycles. The molecule has 37 heavy (non-hydrogen) atoms. The van der Waals surface area contributed by atoms with E-state index in [0.29, 0.717) is 24.6 Å². The lowest BCUT2D eigenvalue weighted by molar-refractivity contribution is 0.107. The second kappa shape index (κ2) is 8.74. The molecular formula is C27H28N8O2. The third kappa shape index (κ3) is 3.75. The number of H-pyrrole nitrogens is 1. The van der Waals surface area contributed by atoms with Crippen LogP contribution in [0.15, 0.2) is 55.1 Å². The third-order valence-electron chi connectivity index (χ3n) is 7.42. The number of rotatable bonds is 7. The number of piperidine rings is 1. The molecule has 2 unspecified atom stereocenters. The smallest absolute Gasteiger partial charge is 0.212 e. The Kier molecular flexibility index (Phi) is 5.21. The van der Waals surface area contributed by atoms with E-state index < -0.39 is 0 Å². The Hall–Kier alpha value is -4.18. The van der Waals surface area contributed by atoms with Crippen LogP contribution in [-0.4, -0.2) is 73.6 Å². The summed E-state index contributed by atoms with van der Waals surface area (Å²) in [4.78, 5) is 14.2. The first-order valence-corrected chi connectivity index (χ1v) is 12.6. The molecule has 2 atom stereocenters. The number of hydrogen-bond acceptors (Lipinski definition) is 8. The third-order valence-corrected chi connectivity index (χ3v) is 7.42. The molecule has 8 heterocycles. The van der Waals surface area contributed by atoms with E-state index in [2.05, 4.69) is 54.3 Å². The normalized spacial score (nSPS) is 19.4. The van der Waals surface area contributed by atoms with E-state index in [1.54, 1.807) is 7.11 Å². The Morgan fingerprint density at radius 2 is 1.95 bits per heavy atom. The van der Waals surface area contributed by atoms with Gasteiger partial charge >= 0.3 is 0 Å². The van der Waals surface area contributed by atoms with Gasteiger partial charge in [-0.1, -0.05) is 6.07 Å². The standard InChI is InChI=1S/C27H28N8O2/c1-3-37-21-9-22(26-23-12-30-31-27(23)32-34(26)16-21)18-5-6-24(28-11-18)35-19-8-20(35)15-33(14-19)13-17-4-7-25(36-2)29-10-17/h4-7,9-12,16,19-20H,3,8,13-15H2,1-2H3,(H,31,32). The van der Waals surface area contributed by atoms with Gasteiger partial charge in [-0.3, -0.25) is 10.00 Å². The summed E-state index contributed by atoms with van der Waals surface area (Å²) >= 11 is 0. The average molecular weight is 497 g/mol. The van der Waals surface area contributed by atoms with Gasteiger partial charge in [0.1, 0.15) is 11.6 Å². The summed E-state index contributed by atoms with van der Waals surface area (Å²) in [5.74, 6) is 2.46. The first kappa shape index (κ1) is 22.1. The lowest BCUT2D eigenvalue weighted by Gasteiger charge is -2.57. The number of nitrogens with one attached hydrogen (secondary N) is 1. The molecular weight excluding hydrogens is 468 g/mol. The molecule has 3 aliphatic rings. The van der Waals surface area contributed by atoms with Gasteiger partial charge in [-0.15, -0.1) is 5.10 Å². The van der Waals surface area contributed by atoms with Crippen LogP contribution in [-0.2, 0) is 6.54 Å². The highest BCUT2D eigenvalue weighted by Crippen LogP contribution is 2.38. The van der Waals surface area contributed by atoms with E-state index in [0.717, 1.165) is 58.9 Å². The first-order valence-electron chi connectivity index (χ1n) is 12.6. The van der Waals surface area contributed by atoms with Crippen molar-refractivity contribution in [3.63, 3.8) is 0 Å². The summed E-state index contributed by atoms with van der Waals surface area (Å²) in [5, 5.41) is 12.7. The number of aromatic amines is 1. The maximum atomic E-state index is 5.82. The van der Waals surface area contributed by atoms with E-state index in [4.69, 9.17) is 14.5 Å². The van der Waals surface area contributed by atoms with Crippen LogP contribution >= 0.6 is 0 Å². The molecule has 0 spiro atoms. The van der Waals surface area contributed by atoms with Crippen molar-refractivity contribution in [1.29, 1.82) is 0 Å². The van der Waals surface area contributed by atoms with Gasteiger partial charge < -0.3 is 14.4 Å². The maximum absolute atomic E-state index is 5.82. The average Bonchev–Trinajstić information content (AvgIpc) is 3.51. The molecule has 3 saturated heterocycles. The molecule has 0 radical (unpaired) electrons. The number of anilines is 1. The van der Waals surface area contributed by atoms with Crippen LogP contribution < -0.4 is 14.4 Å². The number of fused-ring (bicyclic) bond motifs is 5. The van der Waals surface area contributed by atoms with Crippen molar-refractivity contribution in [3.05, 3.63) is 60.7 Å². The molecule has 0 aliphatic carbocycles. The predicted octanol–water partition coefficient (Wildman–Crippen LogP) is 3.54. The fourth-order valence-electron chi connectivity index (χ4n) is 5.79. The second-order valence-corrected chi connectivity index (χ2v) is 9.71. The van der Waals surface area contributed by atoms with Crippen molar-refractivity contribution >= 4 is 22.4 Å². The Morgan fingerprint density at radius 1 is 1.05 bits per heavy atom. The van der Waals surface area contributed by atoms with Gasteiger partial charge in [0.2, 0.25) is 5.88 Å². The molecule has 3 aliphatic heterocycles. The molecule has 3 fully saturated rings. The van der Waals surface area contributed by atoms with Gasteiger partial charge in [-0.05, 0) is 37.1 Å². The van der Waals surface area contributed by atoms with E-state index in [-0.39, 0.29) is 0 Å². The fraction of sp³-hybridized carbons (Fsp3) is 0.333. The highest BCUT2D eigenvalue weighted by Gasteiger charge is 2.45. The van der Waals surface area contributed by atoms with E-state index >= 15 is 0 Å². The quantitative estimate of drug-likeness (QED) is 0.366. The monoisotopic (exact) mass is 496 g/mol. The van der Waals surface area contributed by atoms with Crippen molar-refractivity contribution in [1.82, 2.24) is 34.7 Å². The summed E-state index contributed by atoms with van der Waals surface area (Å²) in [7, 11) is 1.64. The molecule has 1 N–H and O–H groups in total. The summed E-state index contributed by atoms with van der Waals surface area (Å²) in [6, 6.07) is 11.4. The minimum Gasteiger partial charge on any atom is -0.492 e. The number of methoxy groups -OCH3 is 1. The Labute approximate surface area is 213 Å². The maximum Gasteiger partial charge on any atom is 0.212 e. The first-order chi connectivity index (χ1) is 18.2. The molecule has 8 rings (SSSR count). The Morgan fingerprint density at radius 3 is 2.68 bits per heavy atom. The van der Waals surface area contributed by atoms with Crippen molar-refractivity contribution in [2.75, 3.05) is 31.7 Å². The predicted molar refractivity (Wildman–Crippen MR) is 140 cm³/mol. The summed E-state index contributed by atoms with van der Waals surface area (Å²) in [6.07, 6.45) is 8.82. The number of ether oxygens (including phenoxy) is 2. The van der Waals surface area contributed by atoms with Gasteiger partial charge in [-0.2, -0.15) is 5.10 Å². The second-order valence-electron chi connectivity index (χ2n) is 9.71. The van der Waals surface area contributed by atoms with Crippen LogP contribution in [0, 0.1) is 0 Å². The van der Waals surface area contributed by atoms with Crippen molar-refractivity contribution in [2.24, 2.45) is 0 Å². The molecule has 2 bridgehead atoms. The van der Waals surface area contributed by atoms with E-state index in [1.807, 2.05) is 42.3 Å². The van der Waals surface area contributed by atoms with E-state index in [9.17, 15) is 0 Å². The lowest BCUT2D eigenvalue weighted by atomic mass is 9.87. The minimum absolute atomic E-state index is 0.483. The zero-order valence-electron chi connectivity index (χ0n) is 20.8. The summed E-state index contributed by atoms with van der Waals surface area (Å²) < 4.78 is 12.9. The molecule has 5 aromatic rings. The number of pyridine rings is 3. The van der Waals surface area contributed by atoms with Crippen LogP contribution in [0.4, 0.5) is 5.82 Å².